The molecule has 4 aliphatic rings. The van der Waals surface area contributed by atoms with E-state index in [0.29, 0.717) is 29.3 Å². The van der Waals surface area contributed by atoms with E-state index < -0.39 is 5.89 Å². The Kier molecular flexibility index (Phi) is 6.37. The summed E-state index contributed by atoms with van der Waals surface area (Å²) in [5.41, 5.74) is 2.34. The lowest BCUT2D eigenvalue weighted by molar-refractivity contribution is -0.0569. The Morgan fingerprint density at radius 1 is 1.12 bits per heavy atom. The molecule has 1 nitrogen and oxygen atoms in total. The number of terminal acetylenes is 1. The van der Waals surface area contributed by atoms with Crippen LogP contribution in [0.3, 0.4) is 0 Å². The van der Waals surface area contributed by atoms with Gasteiger partial charge in [-0.25, -0.2) is 0 Å². The molecule has 10 atom stereocenters. The van der Waals surface area contributed by atoms with E-state index in [4.69, 9.17) is 7.79 Å². The highest BCUT2D eigenvalue weighted by Crippen LogP contribution is 2.67. The van der Waals surface area contributed by atoms with Gasteiger partial charge in [0.05, 0.1) is 6.10 Å². The van der Waals surface area contributed by atoms with Crippen LogP contribution in [0.15, 0.2) is 11.6 Å². The highest BCUT2D eigenvalue weighted by molar-refractivity contribution is 6.61. The van der Waals surface area contributed by atoms with Crippen LogP contribution in [0.5, 0.6) is 0 Å². The Hall–Kier alpha value is -0.675. The summed E-state index contributed by atoms with van der Waals surface area (Å²) in [5.74, 6) is 6.81. The Balaban J connectivity index is 1.54. The van der Waals surface area contributed by atoms with E-state index in [9.17, 15) is 5.11 Å². The minimum absolute atomic E-state index is 0.000744. The molecule has 0 aromatic carbocycles. The quantitative estimate of drug-likeness (QED) is 0.265. The van der Waals surface area contributed by atoms with Crippen LogP contribution in [0.1, 0.15) is 94.3 Å². The van der Waals surface area contributed by atoms with Gasteiger partial charge in [0.2, 0.25) is 0 Å². The molecule has 0 aromatic rings. The van der Waals surface area contributed by atoms with Crippen molar-refractivity contribution in [1.82, 2.24) is 0 Å². The number of hydrogen-bond donors (Lipinski definition) is 1. The molecule has 0 amide bonds. The molecule has 2 unspecified atom stereocenters. The van der Waals surface area contributed by atoms with Gasteiger partial charge < -0.3 is 5.11 Å². The molecule has 3 saturated carbocycles. The van der Waals surface area contributed by atoms with Gasteiger partial charge in [0.1, 0.15) is 0 Å². The number of hydrogen-bond acceptors (Lipinski definition) is 1. The molecular formula is C30H49BO. The lowest BCUT2D eigenvalue weighted by atomic mass is 9.31. The molecule has 0 spiro atoms. The monoisotopic (exact) mass is 437 g/mol. The first-order valence-electron chi connectivity index (χ1n) is 14.2. The largest absolute Gasteiger partial charge is 0.393 e. The maximum absolute atomic E-state index is 10.3. The van der Waals surface area contributed by atoms with E-state index in [1.165, 1.54) is 38.5 Å². The summed E-state index contributed by atoms with van der Waals surface area (Å²) in [6, 6.07) is 0. The summed E-state index contributed by atoms with van der Waals surface area (Å²) in [7, 11) is 0. The molecular weight excluding hydrogens is 387 g/mol. The molecule has 4 rings (SSSR count). The van der Waals surface area contributed by atoms with E-state index in [-0.39, 0.29) is 11.9 Å². The second-order valence-electron chi connectivity index (χ2n) is 13.2. The molecule has 0 bridgehead atoms. The fourth-order valence-electron chi connectivity index (χ4n) is 9.54. The van der Waals surface area contributed by atoms with Gasteiger partial charge in [0.15, 0.2) is 6.71 Å². The van der Waals surface area contributed by atoms with E-state index in [1.54, 1.807) is 5.57 Å². The maximum atomic E-state index is 10.3. The van der Waals surface area contributed by atoms with Crippen LogP contribution in [0.4, 0.5) is 0 Å². The normalized spacial score (nSPS) is 44.7. The van der Waals surface area contributed by atoms with Crippen molar-refractivity contribution in [3.63, 3.8) is 0 Å². The Labute approximate surface area is 201 Å². The molecule has 0 aliphatic heterocycles. The summed E-state index contributed by atoms with van der Waals surface area (Å²) in [5, 5.41) is 10.3. The lowest BCUT2D eigenvalue weighted by Gasteiger charge is -2.58. The number of rotatable bonds is 5. The average molecular weight is 438 g/mol. The number of aliphatic hydroxyl groups is 1. The molecule has 32 heavy (non-hydrogen) atoms. The molecule has 0 radical (unpaired) electrons. The second kappa shape index (κ2) is 8.84. The third kappa shape index (κ3) is 3.74. The Morgan fingerprint density at radius 3 is 2.50 bits per heavy atom. The molecule has 178 valence electrons. The van der Waals surface area contributed by atoms with E-state index in [0.717, 1.165) is 36.5 Å². The van der Waals surface area contributed by atoms with Gasteiger partial charge in [0.25, 0.3) is 0 Å². The highest BCUT2D eigenvalue weighted by Gasteiger charge is 2.59. The zero-order chi connectivity index (χ0) is 24.3. The topological polar surface area (TPSA) is 20.2 Å². The van der Waals surface area contributed by atoms with Gasteiger partial charge in [-0.05, 0) is 103 Å². The third-order valence-electron chi connectivity index (χ3n) is 11.8. The standard InChI is InChI=1S/C30H49BO/c1-9-28(19(2)3)31(8)21(5)20(4)25-12-13-26-24-11-10-22-18-23(32)14-16-29(22,6)27(24)15-17-30(25,26)7/h1,10,19-21,23-28,32H,11-18H2,2-8H3/t20-,21?,23+,24+,25-,26+,27+,28?,29+,30-/m1/s1/i19D. The van der Waals surface area contributed by atoms with Crippen molar-refractivity contribution in [2.75, 3.05) is 0 Å². The summed E-state index contributed by atoms with van der Waals surface area (Å²) >= 11 is 0. The van der Waals surface area contributed by atoms with E-state index >= 15 is 0 Å². The van der Waals surface area contributed by atoms with Crippen LogP contribution < -0.4 is 0 Å². The fraction of sp³-hybridized carbons (Fsp3) is 0.867. The van der Waals surface area contributed by atoms with E-state index in [1.807, 2.05) is 13.8 Å². The molecule has 1 N–H and O–H groups in total. The molecule has 4 aliphatic carbocycles. The van der Waals surface area contributed by atoms with Crippen LogP contribution in [0.25, 0.3) is 0 Å². The van der Waals surface area contributed by atoms with Gasteiger partial charge >= 0.3 is 0 Å². The van der Waals surface area contributed by atoms with Gasteiger partial charge in [-0.15, -0.1) is 12.3 Å². The van der Waals surface area contributed by atoms with Crippen molar-refractivity contribution < 1.29 is 6.48 Å². The first-order valence-corrected chi connectivity index (χ1v) is 13.7. The molecule has 0 saturated heterocycles. The van der Waals surface area contributed by atoms with Crippen molar-refractivity contribution in [1.29, 1.82) is 0 Å². The highest BCUT2D eigenvalue weighted by atomic mass is 16.3. The van der Waals surface area contributed by atoms with Crippen molar-refractivity contribution in [3.05, 3.63) is 11.6 Å². The first-order chi connectivity index (χ1) is 15.3. The lowest BCUT2D eigenvalue weighted by Crippen LogP contribution is -2.51. The van der Waals surface area contributed by atoms with Crippen molar-refractivity contribution in [2.24, 2.45) is 46.3 Å². The average Bonchev–Trinajstić information content (AvgIpc) is 3.09. The summed E-state index contributed by atoms with van der Waals surface area (Å²) in [4.78, 5) is 0. The van der Waals surface area contributed by atoms with Gasteiger partial charge in [0, 0.05) is 1.37 Å². The van der Waals surface area contributed by atoms with Crippen LogP contribution in [-0.4, -0.2) is 17.9 Å². The Morgan fingerprint density at radius 2 is 1.84 bits per heavy atom. The Bertz CT molecular complexity index is 807. The summed E-state index contributed by atoms with van der Waals surface area (Å²) in [6.45, 7) is 16.7. The van der Waals surface area contributed by atoms with Crippen LogP contribution in [-0.2, 0) is 0 Å². The van der Waals surface area contributed by atoms with Crippen molar-refractivity contribution >= 4 is 6.71 Å². The number of aliphatic hydroxyl groups excluding tert-OH is 1. The zero-order valence-electron chi connectivity index (χ0n) is 23.0. The molecule has 2 heteroatoms. The van der Waals surface area contributed by atoms with Crippen molar-refractivity contribution in [2.45, 2.75) is 117 Å². The summed E-state index contributed by atoms with van der Waals surface area (Å²) in [6.07, 6.45) is 18.2. The van der Waals surface area contributed by atoms with Gasteiger partial charge in [-0.1, -0.05) is 65.8 Å². The fourth-order valence-corrected chi connectivity index (χ4v) is 9.54. The smallest absolute Gasteiger partial charge is 0.158 e. The predicted molar refractivity (Wildman–Crippen MR) is 139 cm³/mol. The minimum Gasteiger partial charge on any atom is -0.393 e. The zero-order valence-corrected chi connectivity index (χ0v) is 22.0. The van der Waals surface area contributed by atoms with Gasteiger partial charge in [-0.2, -0.15) is 0 Å². The second-order valence-corrected chi connectivity index (χ2v) is 13.2. The molecule has 0 heterocycles. The number of allylic oxidation sites excluding steroid dienone is 1. The van der Waals surface area contributed by atoms with Crippen molar-refractivity contribution in [3.8, 4) is 12.3 Å². The SMILES string of the molecule is [2H]C(C)(C)C(C#C)B(C)C(C)[C@@H](C)[C@H]1CC[C@H]2[C@@H]3CC=C4C[C@@H](O)CC[C@]4(C)[C@H]3CC[C@]12C. The minimum atomic E-state index is -0.586. The van der Waals surface area contributed by atoms with Crippen LogP contribution in [0, 0.1) is 58.7 Å². The van der Waals surface area contributed by atoms with Crippen LogP contribution in [0.2, 0.25) is 18.5 Å². The van der Waals surface area contributed by atoms with Gasteiger partial charge in [-0.3, -0.25) is 0 Å². The first kappa shape index (κ1) is 23.1. The molecule has 0 aromatic heterocycles. The summed E-state index contributed by atoms with van der Waals surface area (Å²) < 4.78 is 8.59. The van der Waals surface area contributed by atoms with Crippen LogP contribution >= 0.6 is 0 Å². The third-order valence-corrected chi connectivity index (χ3v) is 11.8. The molecule has 3 fully saturated rings. The van der Waals surface area contributed by atoms with E-state index in [2.05, 4.69) is 46.5 Å². The predicted octanol–water partition coefficient (Wildman–Crippen LogP) is 7.74. The maximum Gasteiger partial charge on any atom is 0.158 e. The number of fused-ring (bicyclic) bond motifs is 5.